The van der Waals surface area contributed by atoms with Crippen molar-refractivity contribution >= 4 is 11.6 Å². The molecule has 0 unspecified atom stereocenters. The molecule has 2 aromatic rings. The van der Waals surface area contributed by atoms with Crippen molar-refractivity contribution < 1.29 is 13.9 Å². The molecule has 1 amide bonds. The molecule has 3 nitrogen and oxygen atoms in total. The number of amides is 1. The fourth-order valence-corrected chi connectivity index (χ4v) is 1.70. The van der Waals surface area contributed by atoms with Gasteiger partial charge in [0.1, 0.15) is 11.6 Å². The quantitative estimate of drug-likeness (QED) is 0.926. The number of carbonyl (C=O) groups excluding carboxylic acids is 1. The minimum Gasteiger partial charge on any atom is -0.484 e. The van der Waals surface area contributed by atoms with E-state index in [2.05, 4.69) is 5.32 Å². The topological polar surface area (TPSA) is 38.3 Å². The van der Waals surface area contributed by atoms with Crippen LogP contribution in [0.1, 0.15) is 11.1 Å². The summed E-state index contributed by atoms with van der Waals surface area (Å²) in [5.41, 5.74) is 2.16. The van der Waals surface area contributed by atoms with Crippen molar-refractivity contribution in [1.29, 1.82) is 0 Å². The van der Waals surface area contributed by atoms with Crippen LogP contribution in [0.4, 0.5) is 10.1 Å². The maximum atomic E-state index is 13.5. The minimum absolute atomic E-state index is 0.156. The molecule has 0 saturated carbocycles. The molecular weight excluding hydrogens is 257 g/mol. The van der Waals surface area contributed by atoms with Crippen LogP contribution < -0.4 is 10.1 Å². The van der Waals surface area contributed by atoms with E-state index in [4.69, 9.17) is 4.74 Å². The van der Waals surface area contributed by atoms with Crippen LogP contribution in [0.5, 0.6) is 5.75 Å². The van der Waals surface area contributed by atoms with Crippen LogP contribution in [0.25, 0.3) is 0 Å². The van der Waals surface area contributed by atoms with Gasteiger partial charge in [-0.1, -0.05) is 23.8 Å². The van der Waals surface area contributed by atoms with Gasteiger partial charge in [0.15, 0.2) is 6.61 Å². The van der Waals surface area contributed by atoms with E-state index in [1.807, 2.05) is 26.0 Å². The second-order valence-electron chi connectivity index (χ2n) is 4.63. The molecule has 0 spiro atoms. The predicted octanol–water partition coefficient (Wildman–Crippen LogP) is 3.46. The molecule has 0 fully saturated rings. The Hall–Kier alpha value is -2.36. The van der Waals surface area contributed by atoms with Gasteiger partial charge in [0.2, 0.25) is 0 Å². The van der Waals surface area contributed by atoms with E-state index in [9.17, 15) is 9.18 Å². The number of hydrogen-bond acceptors (Lipinski definition) is 2. The summed E-state index contributed by atoms with van der Waals surface area (Å²) in [6.07, 6.45) is 0. The number of benzene rings is 2. The fraction of sp³-hybridized carbons (Fsp3) is 0.188. The summed E-state index contributed by atoms with van der Waals surface area (Å²) >= 11 is 0. The lowest BCUT2D eigenvalue weighted by atomic mass is 10.2. The van der Waals surface area contributed by atoms with Crippen molar-refractivity contribution in [3.05, 3.63) is 59.4 Å². The molecule has 2 rings (SSSR count). The zero-order valence-electron chi connectivity index (χ0n) is 11.4. The second-order valence-corrected chi connectivity index (χ2v) is 4.63. The van der Waals surface area contributed by atoms with Crippen LogP contribution in [0, 0.1) is 19.7 Å². The van der Waals surface area contributed by atoms with Crippen LogP contribution >= 0.6 is 0 Å². The van der Waals surface area contributed by atoms with E-state index in [1.165, 1.54) is 6.07 Å². The molecule has 0 aliphatic rings. The third-order valence-electron chi connectivity index (χ3n) is 2.79. The highest BCUT2D eigenvalue weighted by Gasteiger charge is 2.08. The first kappa shape index (κ1) is 14.1. The summed E-state index contributed by atoms with van der Waals surface area (Å²) in [4.78, 5) is 11.7. The minimum atomic E-state index is -0.459. The highest BCUT2D eigenvalue weighted by Crippen LogP contribution is 2.16. The van der Waals surface area contributed by atoms with Gasteiger partial charge in [-0.05, 0) is 43.7 Å². The Morgan fingerprint density at radius 3 is 2.45 bits per heavy atom. The highest BCUT2D eigenvalue weighted by molar-refractivity contribution is 5.92. The molecule has 0 aliphatic carbocycles. The molecule has 0 aliphatic heterocycles. The van der Waals surface area contributed by atoms with Crippen molar-refractivity contribution in [2.45, 2.75) is 13.8 Å². The number of anilines is 1. The van der Waals surface area contributed by atoms with Crippen LogP contribution in [0.15, 0.2) is 42.5 Å². The third kappa shape index (κ3) is 3.82. The fourth-order valence-electron chi connectivity index (χ4n) is 1.70. The number of rotatable bonds is 4. The molecule has 0 heterocycles. The van der Waals surface area contributed by atoms with Gasteiger partial charge in [-0.15, -0.1) is 0 Å². The molecule has 0 aromatic heterocycles. The first-order valence-electron chi connectivity index (χ1n) is 6.30. The molecule has 4 heteroatoms. The van der Waals surface area contributed by atoms with E-state index in [-0.39, 0.29) is 12.3 Å². The Bertz CT molecular complexity index is 608. The molecule has 1 N–H and O–H groups in total. The van der Waals surface area contributed by atoms with Gasteiger partial charge in [-0.2, -0.15) is 0 Å². The summed E-state index contributed by atoms with van der Waals surface area (Å²) in [6, 6.07) is 11.9. The van der Waals surface area contributed by atoms with Gasteiger partial charge in [0.25, 0.3) is 5.91 Å². The highest BCUT2D eigenvalue weighted by atomic mass is 19.1. The van der Waals surface area contributed by atoms with Gasteiger partial charge in [0.05, 0.1) is 5.69 Å². The predicted molar refractivity (Wildman–Crippen MR) is 76.4 cm³/mol. The largest absolute Gasteiger partial charge is 0.484 e. The molecule has 0 atom stereocenters. The van der Waals surface area contributed by atoms with Crippen LogP contribution in [0.2, 0.25) is 0 Å². The first-order valence-corrected chi connectivity index (χ1v) is 6.30. The second kappa shape index (κ2) is 6.19. The van der Waals surface area contributed by atoms with Gasteiger partial charge in [0, 0.05) is 0 Å². The van der Waals surface area contributed by atoms with Gasteiger partial charge in [-0.3, -0.25) is 4.79 Å². The first-order chi connectivity index (χ1) is 9.54. The Kier molecular flexibility index (Phi) is 4.35. The third-order valence-corrected chi connectivity index (χ3v) is 2.79. The Balaban J connectivity index is 1.92. The normalized spacial score (nSPS) is 10.2. The Labute approximate surface area is 117 Å². The molecule has 2 aromatic carbocycles. The van der Waals surface area contributed by atoms with Crippen molar-refractivity contribution in [3.63, 3.8) is 0 Å². The summed E-state index contributed by atoms with van der Waals surface area (Å²) in [5, 5.41) is 2.49. The number of carbonyl (C=O) groups is 1. The number of halogens is 1. The Morgan fingerprint density at radius 1 is 1.10 bits per heavy atom. The average Bonchev–Trinajstić information content (AvgIpc) is 2.42. The van der Waals surface area contributed by atoms with E-state index in [1.54, 1.807) is 24.3 Å². The van der Waals surface area contributed by atoms with E-state index in [0.717, 1.165) is 11.1 Å². The number of aryl methyl sites for hydroxylation is 2. The lowest BCUT2D eigenvalue weighted by molar-refractivity contribution is -0.118. The van der Waals surface area contributed by atoms with Crippen molar-refractivity contribution in [3.8, 4) is 5.75 Å². The Morgan fingerprint density at radius 2 is 1.75 bits per heavy atom. The molecule has 0 radical (unpaired) electrons. The lowest BCUT2D eigenvalue weighted by Crippen LogP contribution is -2.20. The molecule has 20 heavy (non-hydrogen) atoms. The maximum absolute atomic E-state index is 13.5. The molecule has 104 valence electrons. The van der Waals surface area contributed by atoms with E-state index < -0.39 is 11.7 Å². The number of ether oxygens (including phenoxy) is 1. The van der Waals surface area contributed by atoms with E-state index >= 15 is 0 Å². The summed E-state index contributed by atoms with van der Waals surface area (Å²) in [7, 11) is 0. The monoisotopic (exact) mass is 273 g/mol. The summed E-state index contributed by atoms with van der Waals surface area (Å²) in [6.45, 7) is 3.64. The van der Waals surface area contributed by atoms with Gasteiger partial charge < -0.3 is 10.1 Å². The molecule has 0 bridgehead atoms. The molecule has 0 saturated heterocycles. The van der Waals surface area contributed by atoms with Gasteiger partial charge in [-0.25, -0.2) is 4.39 Å². The van der Waals surface area contributed by atoms with E-state index in [0.29, 0.717) is 5.75 Å². The number of hydrogen-bond donors (Lipinski definition) is 1. The summed E-state index contributed by atoms with van der Waals surface area (Å²) < 4.78 is 18.8. The average molecular weight is 273 g/mol. The zero-order valence-corrected chi connectivity index (χ0v) is 11.4. The van der Waals surface area contributed by atoms with Crippen LogP contribution in [0.3, 0.4) is 0 Å². The standard InChI is InChI=1S/C16H16FNO2/c1-11-3-6-13(7-4-11)20-10-16(19)18-15-9-12(2)5-8-14(15)17/h3-9H,10H2,1-2H3,(H,18,19). The summed E-state index contributed by atoms with van der Waals surface area (Å²) in [5.74, 6) is -0.246. The smallest absolute Gasteiger partial charge is 0.262 e. The lowest BCUT2D eigenvalue weighted by Gasteiger charge is -2.09. The van der Waals surface area contributed by atoms with Crippen molar-refractivity contribution in [2.24, 2.45) is 0 Å². The zero-order chi connectivity index (χ0) is 14.5. The maximum Gasteiger partial charge on any atom is 0.262 e. The molecular formula is C16H16FNO2. The van der Waals surface area contributed by atoms with Crippen molar-refractivity contribution in [2.75, 3.05) is 11.9 Å². The van der Waals surface area contributed by atoms with Crippen molar-refractivity contribution in [1.82, 2.24) is 0 Å². The number of nitrogens with one attached hydrogen (secondary N) is 1. The SMILES string of the molecule is Cc1ccc(OCC(=O)Nc2cc(C)ccc2F)cc1. The van der Waals surface area contributed by atoms with Crippen LogP contribution in [-0.4, -0.2) is 12.5 Å². The van der Waals surface area contributed by atoms with Gasteiger partial charge >= 0.3 is 0 Å². The van der Waals surface area contributed by atoms with Crippen LogP contribution in [-0.2, 0) is 4.79 Å².